The molecule has 1 aliphatic heterocycles. The number of rotatable bonds is 3. The van der Waals surface area contributed by atoms with E-state index in [1.165, 1.54) is 12.8 Å². The molecule has 1 unspecified atom stereocenters. The Morgan fingerprint density at radius 3 is 2.56 bits per heavy atom. The Kier molecular flexibility index (Phi) is 4.36. The second-order valence-corrected chi connectivity index (χ2v) is 5.28. The Balaban J connectivity index is 2.03. The average Bonchev–Trinajstić information content (AvgIpc) is 2.41. The third-order valence-corrected chi connectivity index (χ3v) is 4.16. The second-order valence-electron chi connectivity index (χ2n) is 5.28. The molecule has 1 saturated heterocycles. The topological polar surface area (TPSA) is 15.3 Å². The highest BCUT2D eigenvalue weighted by molar-refractivity contribution is 5.25. The Hall–Kier alpha value is -0.930. The molecule has 18 heavy (non-hydrogen) atoms. The van der Waals surface area contributed by atoms with Crippen LogP contribution in [0.2, 0.25) is 0 Å². The van der Waals surface area contributed by atoms with Gasteiger partial charge >= 0.3 is 0 Å². The van der Waals surface area contributed by atoms with Crippen LogP contribution in [-0.2, 0) is 0 Å². The summed E-state index contributed by atoms with van der Waals surface area (Å²) in [7, 11) is 2.03. The molecule has 0 amide bonds. The molecule has 2 rings (SSSR count). The number of hydrogen-bond donors (Lipinski definition) is 1. The smallest absolute Gasteiger partial charge is 0.126 e. The monoisotopic (exact) mass is 250 g/mol. The summed E-state index contributed by atoms with van der Waals surface area (Å²) in [5.74, 6) is -0.0931. The van der Waals surface area contributed by atoms with E-state index in [9.17, 15) is 4.39 Å². The fraction of sp³-hybridized carbons (Fsp3) is 0.600. The molecule has 0 radical (unpaired) electrons. The van der Waals surface area contributed by atoms with E-state index in [4.69, 9.17) is 0 Å². The molecule has 0 aromatic heterocycles. The molecule has 100 valence electrons. The zero-order valence-corrected chi connectivity index (χ0v) is 11.5. The van der Waals surface area contributed by atoms with Gasteiger partial charge in [-0.25, -0.2) is 4.39 Å². The summed E-state index contributed by atoms with van der Waals surface area (Å²) in [6, 6.07) is 6.56. The summed E-state index contributed by atoms with van der Waals surface area (Å²) in [5.41, 5.74) is 1.81. The summed E-state index contributed by atoms with van der Waals surface area (Å²) in [6.45, 7) is 6.15. The van der Waals surface area contributed by atoms with Crippen molar-refractivity contribution in [2.24, 2.45) is 0 Å². The first kappa shape index (κ1) is 13.5. The molecular formula is C15H23FN2. The summed E-state index contributed by atoms with van der Waals surface area (Å²) >= 11 is 0. The van der Waals surface area contributed by atoms with Gasteiger partial charge in [-0.2, -0.15) is 0 Å². The molecule has 0 spiro atoms. The Bertz CT molecular complexity index is 397. The van der Waals surface area contributed by atoms with Gasteiger partial charge in [-0.15, -0.1) is 0 Å². The van der Waals surface area contributed by atoms with Crippen LogP contribution < -0.4 is 5.32 Å². The number of nitrogens with zero attached hydrogens (tertiary/aromatic N) is 1. The average molecular weight is 250 g/mol. The quantitative estimate of drug-likeness (QED) is 0.887. The summed E-state index contributed by atoms with van der Waals surface area (Å²) < 4.78 is 13.6. The van der Waals surface area contributed by atoms with Gasteiger partial charge in [0.05, 0.1) is 0 Å². The molecule has 1 aliphatic rings. The van der Waals surface area contributed by atoms with Crippen molar-refractivity contribution in [1.82, 2.24) is 10.2 Å². The van der Waals surface area contributed by atoms with Crippen molar-refractivity contribution < 1.29 is 4.39 Å². The highest BCUT2D eigenvalue weighted by Gasteiger charge is 2.22. The van der Waals surface area contributed by atoms with E-state index in [2.05, 4.69) is 17.1 Å². The van der Waals surface area contributed by atoms with Crippen LogP contribution in [0.3, 0.4) is 0 Å². The van der Waals surface area contributed by atoms with Crippen LogP contribution in [0.15, 0.2) is 18.2 Å². The zero-order valence-electron chi connectivity index (χ0n) is 11.5. The third kappa shape index (κ3) is 2.90. The number of aryl methyl sites for hydroxylation is 1. The molecule has 2 nitrogen and oxygen atoms in total. The minimum absolute atomic E-state index is 0.0931. The molecule has 0 aliphatic carbocycles. The lowest BCUT2D eigenvalue weighted by Gasteiger charge is -2.36. The predicted octanol–water partition coefficient (Wildman–Crippen LogP) is 2.88. The van der Waals surface area contributed by atoms with E-state index in [0.29, 0.717) is 12.1 Å². The standard InChI is InChI=1S/C15H23FN2/c1-11-4-5-13(10-15(11)16)12(2)18-8-6-14(17-3)7-9-18/h4-5,10,12,14,17H,6-9H2,1-3H3. The molecule has 1 fully saturated rings. The van der Waals surface area contributed by atoms with Gasteiger partial charge in [0, 0.05) is 25.2 Å². The van der Waals surface area contributed by atoms with Gasteiger partial charge in [-0.3, -0.25) is 4.90 Å². The van der Waals surface area contributed by atoms with Crippen molar-refractivity contribution in [3.8, 4) is 0 Å². The van der Waals surface area contributed by atoms with E-state index in [0.717, 1.165) is 24.2 Å². The van der Waals surface area contributed by atoms with Crippen LogP contribution >= 0.6 is 0 Å². The SMILES string of the molecule is CNC1CCN(C(C)c2ccc(C)c(F)c2)CC1. The maximum Gasteiger partial charge on any atom is 0.126 e. The van der Waals surface area contributed by atoms with Crippen molar-refractivity contribution in [3.63, 3.8) is 0 Å². The molecular weight excluding hydrogens is 227 g/mol. The predicted molar refractivity (Wildman–Crippen MR) is 73.2 cm³/mol. The fourth-order valence-corrected chi connectivity index (χ4v) is 2.66. The zero-order chi connectivity index (χ0) is 13.1. The first-order valence-corrected chi connectivity index (χ1v) is 6.79. The van der Waals surface area contributed by atoms with Crippen LogP contribution in [0.1, 0.15) is 36.9 Å². The van der Waals surface area contributed by atoms with Gasteiger partial charge in [0.25, 0.3) is 0 Å². The maximum atomic E-state index is 13.6. The van der Waals surface area contributed by atoms with Crippen molar-refractivity contribution in [2.75, 3.05) is 20.1 Å². The highest BCUT2D eigenvalue weighted by Crippen LogP contribution is 2.25. The van der Waals surface area contributed by atoms with Gasteiger partial charge in [-0.05, 0) is 50.9 Å². The first-order valence-electron chi connectivity index (χ1n) is 6.79. The Morgan fingerprint density at radius 2 is 2.00 bits per heavy atom. The number of hydrogen-bond acceptors (Lipinski definition) is 2. The number of piperidine rings is 1. The number of nitrogens with one attached hydrogen (secondary N) is 1. The van der Waals surface area contributed by atoms with Crippen LogP contribution in [0.5, 0.6) is 0 Å². The van der Waals surface area contributed by atoms with E-state index in [1.54, 1.807) is 6.07 Å². The maximum absolute atomic E-state index is 13.6. The number of likely N-dealkylation sites (tertiary alicyclic amines) is 1. The molecule has 1 atom stereocenters. The normalized spacial score (nSPS) is 20.0. The van der Waals surface area contributed by atoms with E-state index >= 15 is 0 Å². The van der Waals surface area contributed by atoms with E-state index < -0.39 is 0 Å². The summed E-state index contributed by atoms with van der Waals surface area (Å²) in [6.07, 6.45) is 2.35. The molecule has 0 saturated carbocycles. The summed E-state index contributed by atoms with van der Waals surface area (Å²) in [4.78, 5) is 2.44. The fourth-order valence-electron chi connectivity index (χ4n) is 2.66. The molecule has 1 aromatic carbocycles. The molecule has 3 heteroatoms. The van der Waals surface area contributed by atoms with Gasteiger partial charge in [0.15, 0.2) is 0 Å². The van der Waals surface area contributed by atoms with E-state index in [-0.39, 0.29) is 5.82 Å². The molecule has 1 heterocycles. The Labute approximate surface area is 109 Å². The van der Waals surface area contributed by atoms with Crippen molar-refractivity contribution >= 4 is 0 Å². The van der Waals surface area contributed by atoms with Crippen LogP contribution in [-0.4, -0.2) is 31.1 Å². The lowest BCUT2D eigenvalue weighted by Crippen LogP contribution is -2.42. The highest BCUT2D eigenvalue weighted by atomic mass is 19.1. The number of halogens is 1. The minimum atomic E-state index is -0.0931. The van der Waals surface area contributed by atoms with Crippen molar-refractivity contribution in [2.45, 2.75) is 38.8 Å². The lowest BCUT2D eigenvalue weighted by atomic mass is 9.99. The largest absolute Gasteiger partial charge is 0.317 e. The van der Waals surface area contributed by atoms with E-state index in [1.807, 2.05) is 26.1 Å². The number of benzene rings is 1. The van der Waals surface area contributed by atoms with Gasteiger partial charge in [0.1, 0.15) is 5.82 Å². The summed E-state index contributed by atoms with van der Waals surface area (Å²) in [5, 5.41) is 3.33. The van der Waals surface area contributed by atoms with Gasteiger partial charge in [-0.1, -0.05) is 12.1 Å². The Morgan fingerprint density at radius 1 is 1.33 bits per heavy atom. The first-order chi connectivity index (χ1) is 8.61. The second kappa shape index (κ2) is 5.81. The van der Waals surface area contributed by atoms with Crippen molar-refractivity contribution in [3.05, 3.63) is 35.1 Å². The molecule has 0 bridgehead atoms. The molecule has 1 aromatic rings. The minimum Gasteiger partial charge on any atom is -0.317 e. The third-order valence-electron chi connectivity index (χ3n) is 4.16. The van der Waals surface area contributed by atoms with Crippen LogP contribution in [0, 0.1) is 12.7 Å². The van der Waals surface area contributed by atoms with Gasteiger partial charge in [0.2, 0.25) is 0 Å². The van der Waals surface area contributed by atoms with Gasteiger partial charge < -0.3 is 5.32 Å². The van der Waals surface area contributed by atoms with Crippen LogP contribution in [0.4, 0.5) is 4.39 Å². The van der Waals surface area contributed by atoms with Crippen LogP contribution in [0.25, 0.3) is 0 Å². The van der Waals surface area contributed by atoms with Crippen molar-refractivity contribution in [1.29, 1.82) is 0 Å². The lowest BCUT2D eigenvalue weighted by molar-refractivity contribution is 0.155. The molecule has 1 N–H and O–H groups in total.